The molecule has 0 aliphatic carbocycles. The Hall–Kier alpha value is -2.05. The minimum absolute atomic E-state index is 0.742. The average Bonchev–Trinajstić information content (AvgIpc) is 3.04. The lowest BCUT2D eigenvalue weighted by molar-refractivity contribution is 0.165. The number of anilines is 1. The third-order valence-electron chi connectivity index (χ3n) is 6.27. The van der Waals surface area contributed by atoms with E-state index in [1.54, 1.807) is 6.20 Å². The van der Waals surface area contributed by atoms with Crippen LogP contribution in [0.3, 0.4) is 0 Å². The number of rotatable bonds is 5. The van der Waals surface area contributed by atoms with Gasteiger partial charge in [0.2, 0.25) is 0 Å². The highest BCUT2D eigenvalue weighted by atomic mass is 15.3. The highest BCUT2D eigenvalue weighted by molar-refractivity contribution is 5.56. The molecule has 4 rings (SSSR count). The van der Waals surface area contributed by atoms with Crippen LogP contribution in [0.15, 0.2) is 30.6 Å². The summed E-state index contributed by atoms with van der Waals surface area (Å²) in [5, 5.41) is 0. The van der Waals surface area contributed by atoms with Crippen LogP contribution >= 0.6 is 0 Å². The predicted molar refractivity (Wildman–Crippen MR) is 114 cm³/mol. The maximum absolute atomic E-state index is 4.83. The molecule has 150 valence electrons. The Kier molecular flexibility index (Phi) is 5.87. The van der Waals surface area contributed by atoms with Gasteiger partial charge in [-0.3, -0.25) is 14.8 Å². The largest absolute Gasteiger partial charge is 0.354 e. The molecule has 2 saturated heterocycles. The van der Waals surface area contributed by atoms with Gasteiger partial charge < -0.3 is 4.90 Å². The molecule has 2 aromatic rings. The molecule has 4 heterocycles. The number of aromatic nitrogens is 3. The maximum Gasteiger partial charge on any atom is 0.163 e. The van der Waals surface area contributed by atoms with E-state index in [-0.39, 0.29) is 0 Å². The molecule has 0 N–H and O–H groups in total. The van der Waals surface area contributed by atoms with Crippen molar-refractivity contribution in [2.75, 3.05) is 44.2 Å². The van der Waals surface area contributed by atoms with Crippen molar-refractivity contribution in [3.63, 3.8) is 0 Å². The minimum Gasteiger partial charge on any atom is -0.354 e. The molecule has 0 radical (unpaired) electrons. The lowest BCUT2D eigenvalue weighted by Gasteiger charge is -2.37. The van der Waals surface area contributed by atoms with E-state index < -0.39 is 0 Å². The standard InChI is InChI=1S/C22H32N6/c1-17-15-21(25-22(24-17)20-5-4-8-23-16-20)27-12-9-26(10-13-27)11-14-28-18(2)6-7-19(28)3/h4-5,8,15-16,18-19H,6-7,9-14H2,1-3H3. The van der Waals surface area contributed by atoms with Gasteiger partial charge in [0.05, 0.1) is 0 Å². The summed E-state index contributed by atoms with van der Waals surface area (Å²) in [6.45, 7) is 13.4. The van der Waals surface area contributed by atoms with Crippen LogP contribution in [0.4, 0.5) is 5.82 Å². The van der Waals surface area contributed by atoms with Gasteiger partial charge in [0.1, 0.15) is 5.82 Å². The lowest BCUT2D eigenvalue weighted by atomic mass is 10.2. The van der Waals surface area contributed by atoms with Crippen molar-refractivity contribution < 1.29 is 0 Å². The summed E-state index contributed by atoms with van der Waals surface area (Å²) in [4.78, 5) is 21.3. The van der Waals surface area contributed by atoms with Crippen molar-refractivity contribution in [1.29, 1.82) is 0 Å². The van der Waals surface area contributed by atoms with Crippen molar-refractivity contribution in [2.45, 2.75) is 45.7 Å². The van der Waals surface area contributed by atoms with E-state index in [0.29, 0.717) is 0 Å². The van der Waals surface area contributed by atoms with Crippen LogP contribution in [0.2, 0.25) is 0 Å². The second-order valence-corrected chi connectivity index (χ2v) is 8.27. The van der Waals surface area contributed by atoms with Crippen LogP contribution in [0.25, 0.3) is 11.4 Å². The molecule has 2 aliphatic rings. The maximum atomic E-state index is 4.83. The Labute approximate surface area is 168 Å². The van der Waals surface area contributed by atoms with E-state index in [2.05, 4.69) is 44.6 Å². The monoisotopic (exact) mass is 380 g/mol. The molecule has 0 saturated carbocycles. The van der Waals surface area contributed by atoms with Crippen LogP contribution in [0, 0.1) is 6.92 Å². The Morgan fingerprint density at radius 1 is 1.00 bits per heavy atom. The highest BCUT2D eigenvalue weighted by Gasteiger charge is 2.27. The number of piperazine rings is 1. The summed E-state index contributed by atoms with van der Waals surface area (Å²) in [5.74, 6) is 1.80. The summed E-state index contributed by atoms with van der Waals surface area (Å²) < 4.78 is 0. The van der Waals surface area contributed by atoms with E-state index in [4.69, 9.17) is 4.98 Å². The molecular weight excluding hydrogens is 348 g/mol. The van der Waals surface area contributed by atoms with Gasteiger partial charge in [0, 0.05) is 81.1 Å². The second kappa shape index (κ2) is 8.53. The summed E-state index contributed by atoms with van der Waals surface area (Å²) in [6, 6.07) is 7.53. The normalized spacial score (nSPS) is 24.0. The number of likely N-dealkylation sites (tertiary alicyclic amines) is 1. The Bertz CT molecular complexity index is 762. The third kappa shape index (κ3) is 4.33. The first kappa shape index (κ1) is 19.3. The van der Waals surface area contributed by atoms with Gasteiger partial charge in [-0.05, 0) is 45.7 Å². The van der Waals surface area contributed by atoms with Crippen LogP contribution in [0.1, 0.15) is 32.4 Å². The summed E-state index contributed by atoms with van der Waals surface area (Å²) in [5.41, 5.74) is 1.98. The first-order valence-electron chi connectivity index (χ1n) is 10.6. The summed E-state index contributed by atoms with van der Waals surface area (Å²) >= 11 is 0. The molecule has 6 nitrogen and oxygen atoms in total. The Balaban J connectivity index is 1.35. The van der Waals surface area contributed by atoms with Crippen LogP contribution in [-0.4, -0.2) is 76.1 Å². The molecule has 0 aromatic carbocycles. The van der Waals surface area contributed by atoms with Crippen molar-refractivity contribution >= 4 is 5.82 Å². The fourth-order valence-electron chi connectivity index (χ4n) is 4.48. The molecule has 6 heteroatoms. The van der Waals surface area contributed by atoms with E-state index >= 15 is 0 Å². The summed E-state index contributed by atoms with van der Waals surface area (Å²) in [7, 11) is 0. The number of hydrogen-bond acceptors (Lipinski definition) is 6. The smallest absolute Gasteiger partial charge is 0.163 e. The third-order valence-corrected chi connectivity index (χ3v) is 6.27. The van der Waals surface area contributed by atoms with E-state index in [1.165, 1.54) is 25.9 Å². The highest BCUT2D eigenvalue weighted by Crippen LogP contribution is 2.23. The van der Waals surface area contributed by atoms with Gasteiger partial charge in [0.25, 0.3) is 0 Å². The molecule has 0 amide bonds. The number of aryl methyl sites for hydroxylation is 1. The van der Waals surface area contributed by atoms with Gasteiger partial charge in [0.15, 0.2) is 5.82 Å². The first-order chi connectivity index (χ1) is 13.6. The zero-order chi connectivity index (χ0) is 19.5. The van der Waals surface area contributed by atoms with E-state index in [0.717, 1.165) is 61.2 Å². The van der Waals surface area contributed by atoms with Crippen LogP contribution < -0.4 is 4.90 Å². The van der Waals surface area contributed by atoms with Gasteiger partial charge in [-0.25, -0.2) is 9.97 Å². The molecule has 0 spiro atoms. The lowest BCUT2D eigenvalue weighted by Crippen LogP contribution is -2.49. The Morgan fingerprint density at radius 2 is 1.75 bits per heavy atom. The molecule has 2 atom stereocenters. The van der Waals surface area contributed by atoms with Crippen LogP contribution in [-0.2, 0) is 0 Å². The summed E-state index contributed by atoms with van der Waals surface area (Å²) in [6.07, 6.45) is 6.31. The van der Waals surface area contributed by atoms with Crippen molar-refractivity contribution in [3.8, 4) is 11.4 Å². The first-order valence-corrected chi connectivity index (χ1v) is 10.6. The molecule has 0 bridgehead atoms. The molecule has 28 heavy (non-hydrogen) atoms. The van der Waals surface area contributed by atoms with Gasteiger partial charge in [-0.15, -0.1) is 0 Å². The zero-order valence-corrected chi connectivity index (χ0v) is 17.4. The number of hydrogen-bond donors (Lipinski definition) is 0. The SMILES string of the molecule is Cc1cc(N2CCN(CCN3C(C)CCC3C)CC2)nc(-c2cccnc2)n1. The zero-order valence-electron chi connectivity index (χ0n) is 17.4. The fourth-order valence-corrected chi connectivity index (χ4v) is 4.48. The van der Waals surface area contributed by atoms with Crippen molar-refractivity contribution in [1.82, 2.24) is 24.8 Å². The second-order valence-electron chi connectivity index (χ2n) is 8.27. The van der Waals surface area contributed by atoms with Crippen molar-refractivity contribution in [3.05, 3.63) is 36.3 Å². The van der Waals surface area contributed by atoms with Gasteiger partial charge in [-0.1, -0.05) is 0 Å². The topological polar surface area (TPSA) is 48.4 Å². The van der Waals surface area contributed by atoms with E-state index in [1.807, 2.05) is 25.3 Å². The van der Waals surface area contributed by atoms with Gasteiger partial charge >= 0.3 is 0 Å². The van der Waals surface area contributed by atoms with E-state index in [9.17, 15) is 0 Å². The molecule has 2 aromatic heterocycles. The number of nitrogens with zero attached hydrogens (tertiary/aromatic N) is 6. The quantitative estimate of drug-likeness (QED) is 0.795. The average molecular weight is 381 g/mol. The molecule has 2 fully saturated rings. The Morgan fingerprint density at radius 3 is 2.43 bits per heavy atom. The van der Waals surface area contributed by atoms with Gasteiger partial charge in [-0.2, -0.15) is 0 Å². The fraction of sp³-hybridized carbons (Fsp3) is 0.591. The van der Waals surface area contributed by atoms with Crippen LogP contribution in [0.5, 0.6) is 0 Å². The molecule has 2 unspecified atom stereocenters. The molecule has 2 aliphatic heterocycles. The van der Waals surface area contributed by atoms with Crippen molar-refractivity contribution in [2.24, 2.45) is 0 Å². The molecular formula is C22H32N6. The predicted octanol–water partition coefficient (Wildman–Crippen LogP) is 2.84. The minimum atomic E-state index is 0.742. The number of pyridine rings is 1.